The number of carbonyl (C=O) groups is 1. The fourth-order valence-electron chi connectivity index (χ4n) is 2.53. The van der Waals surface area contributed by atoms with E-state index in [1.165, 1.54) is 19.2 Å². The summed E-state index contributed by atoms with van der Waals surface area (Å²) in [5, 5.41) is 0. The van der Waals surface area contributed by atoms with E-state index in [4.69, 9.17) is 4.74 Å². The van der Waals surface area contributed by atoms with Gasteiger partial charge in [-0.3, -0.25) is 0 Å². The average molecular weight is 313 g/mol. The third-order valence-electron chi connectivity index (χ3n) is 3.54. The molecule has 0 bridgehead atoms. The Morgan fingerprint density at radius 1 is 1.27 bits per heavy atom. The van der Waals surface area contributed by atoms with Crippen LogP contribution >= 0.6 is 0 Å². The fourth-order valence-corrected chi connectivity index (χ4v) is 2.53. The Morgan fingerprint density at radius 3 is 2.36 bits per heavy atom. The van der Waals surface area contributed by atoms with Gasteiger partial charge in [0.1, 0.15) is 5.60 Å². The third-order valence-corrected chi connectivity index (χ3v) is 3.54. The lowest BCUT2D eigenvalue weighted by Gasteiger charge is -2.24. The number of nitrogens with zero attached hydrogens (tertiary/aromatic N) is 1. The van der Waals surface area contributed by atoms with Crippen LogP contribution in [0.15, 0.2) is 12.1 Å². The molecule has 2 rings (SSSR count). The maximum Gasteiger partial charge on any atom is 0.410 e. The number of ether oxygens (including phenoxy) is 2. The van der Waals surface area contributed by atoms with Crippen molar-refractivity contribution in [2.24, 2.45) is 0 Å². The molecule has 0 saturated carbocycles. The predicted octanol–water partition coefficient (Wildman–Crippen LogP) is 3.70. The van der Waals surface area contributed by atoms with Crippen molar-refractivity contribution in [1.82, 2.24) is 4.90 Å². The maximum absolute atomic E-state index is 13.8. The first-order valence-electron chi connectivity index (χ1n) is 7.22. The van der Waals surface area contributed by atoms with Crippen LogP contribution in [0.5, 0.6) is 5.75 Å². The van der Waals surface area contributed by atoms with Gasteiger partial charge in [-0.1, -0.05) is 0 Å². The number of amides is 1. The van der Waals surface area contributed by atoms with Crippen LogP contribution in [0, 0.1) is 11.6 Å². The van der Waals surface area contributed by atoms with Crippen molar-refractivity contribution in [1.29, 1.82) is 0 Å². The number of hydrogen-bond acceptors (Lipinski definition) is 3. The molecule has 1 aromatic carbocycles. The summed E-state index contributed by atoms with van der Waals surface area (Å²) in [4.78, 5) is 13.6. The molecule has 1 amide bonds. The molecule has 6 heteroatoms. The van der Waals surface area contributed by atoms with Gasteiger partial charge in [-0.15, -0.1) is 0 Å². The van der Waals surface area contributed by atoms with Crippen LogP contribution in [0.2, 0.25) is 0 Å². The number of halogens is 2. The summed E-state index contributed by atoms with van der Waals surface area (Å²) in [6.45, 7) is 6.29. The summed E-state index contributed by atoms with van der Waals surface area (Å²) in [5.74, 6) is -1.95. The molecule has 1 heterocycles. The molecule has 1 atom stereocenters. The minimum Gasteiger partial charge on any atom is -0.491 e. The lowest BCUT2D eigenvalue weighted by atomic mass is 9.98. The van der Waals surface area contributed by atoms with E-state index in [0.717, 1.165) is 0 Å². The first kappa shape index (κ1) is 16.5. The Labute approximate surface area is 129 Å². The molecule has 4 nitrogen and oxygen atoms in total. The molecule has 1 aliphatic heterocycles. The highest BCUT2D eigenvalue weighted by Gasteiger charge is 2.31. The Bertz CT molecular complexity index is 546. The average Bonchev–Trinajstić information content (AvgIpc) is 2.85. The molecule has 122 valence electrons. The van der Waals surface area contributed by atoms with Gasteiger partial charge in [0.25, 0.3) is 0 Å². The topological polar surface area (TPSA) is 38.8 Å². The number of likely N-dealkylation sites (tertiary alicyclic amines) is 1. The Balaban J connectivity index is 2.09. The van der Waals surface area contributed by atoms with Gasteiger partial charge in [-0.05, 0) is 44.9 Å². The van der Waals surface area contributed by atoms with Gasteiger partial charge in [0.2, 0.25) is 0 Å². The number of benzene rings is 1. The van der Waals surface area contributed by atoms with Crippen molar-refractivity contribution in [3.63, 3.8) is 0 Å². The molecule has 1 aliphatic rings. The predicted molar refractivity (Wildman–Crippen MR) is 78.1 cm³/mol. The van der Waals surface area contributed by atoms with E-state index in [2.05, 4.69) is 4.74 Å². The first-order valence-corrected chi connectivity index (χ1v) is 7.22. The zero-order valence-corrected chi connectivity index (χ0v) is 13.3. The highest BCUT2D eigenvalue weighted by atomic mass is 19.1. The van der Waals surface area contributed by atoms with E-state index in [1.807, 2.05) is 0 Å². The maximum atomic E-state index is 13.8. The summed E-state index contributed by atoms with van der Waals surface area (Å²) in [7, 11) is 1.22. The lowest BCUT2D eigenvalue weighted by Crippen LogP contribution is -2.35. The number of carbonyl (C=O) groups excluding carboxylic acids is 1. The SMILES string of the molecule is COc1c(F)cc(C2CCN(C(=O)OC(C)(C)C)C2)cc1F. The third kappa shape index (κ3) is 3.67. The van der Waals surface area contributed by atoms with Crippen molar-refractivity contribution < 1.29 is 23.0 Å². The van der Waals surface area contributed by atoms with Crippen molar-refractivity contribution >= 4 is 6.09 Å². The molecule has 0 aliphatic carbocycles. The van der Waals surface area contributed by atoms with Gasteiger partial charge in [0.05, 0.1) is 7.11 Å². The van der Waals surface area contributed by atoms with Crippen molar-refractivity contribution in [3.05, 3.63) is 29.3 Å². The minimum absolute atomic E-state index is 0.109. The van der Waals surface area contributed by atoms with Gasteiger partial charge in [0, 0.05) is 19.0 Å². The highest BCUT2D eigenvalue weighted by molar-refractivity contribution is 5.68. The molecule has 0 spiro atoms. The highest BCUT2D eigenvalue weighted by Crippen LogP contribution is 2.32. The smallest absolute Gasteiger partial charge is 0.410 e. The normalized spacial score (nSPS) is 18.5. The Kier molecular flexibility index (Phi) is 4.58. The van der Waals surface area contributed by atoms with E-state index in [9.17, 15) is 13.6 Å². The zero-order chi connectivity index (χ0) is 16.5. The minimum atomic E-state index is -0.729. The lowest BCUT2D eigenvalue weighted by molar-refractivity contribution is 0.0292. The molecule has 0 N–H and O–H groups in total. The van der Waals surface area contributed by atoms with Crippen LogP contribution in [0.4, 0.5) is 13.6 Å². The molecular weight excluding hydrogens is 292 g/mol. The number of methoxy groups -OCH3 is 1. The van der Waals surface area contributed by atoms with Crippen LogP contribution in [0.1, 0.15) is 38.7 Å². The quantitative estimate of drug-likeness (QED) is 0.835. The summed E-state index contributed by atoms with van der Waals surface area (Å²) < 4.78 is 37.5. The Morgan fingerprint density at radius 2 is 1.86 bits per heavy atom. The van der Waals surface area contributed by atoms with E-state index < -0.39 is 23.3 Å². The number of rotatable bonds is 2. The second-order valence-electron chi connectivity index (χ2n) is 6.43. The van der Waals surface area contributed by atoms with Gasteiger partial charge in [-0.2, -0.15) is 0 Å². The first-order chi connectivity index (χ1) is 10.2. The van der Waals surface area contributed by atoms with Gasteiger partial charge in [0.15, 0.2) is 17.4 Å². The van der Waals surface area contributed by atoms with Crippen LogP contribution in [0.3, 0.4) is 0 Å². The standard InChI is InChI=1S/C16H21F2NO3/c1-16(2,3)22-15(20)19-6-5-10(9-19)11-7-12(17)14(21-4)13(18)8-11/h7-8,10H,5-6,9H2,1-4H3. The van der Waals surface area contributed by atoms with Crippen molar-refractivity contribution in [2.45, 2.75) is 38.7 Å². The van der Waals surface area contributed by atoms with E-state index in [1.54, 1.807) is 25.7 Å². The molecule has 0 aromatic heterocycles. The van der Waals surface area contributed by atoms with Crippen LogP contribution in [0.25, 0.3) is 0 Å². The second kappa shape index (κ2) is 6.10. The molecule has 0 radical (unpaired) electrons. The molecule has 1 saturated heterocycles. The second-order valence-corrected chi connectivity index (χ2v) is 6.43. The summed E-state index contributed by atoms with van der Waals surface area (Å²) >= 11 is 0. The van der Waals surface area contributed by atoms with Crippen LogP contribution < -0.4 is 4.74 Å². The summed E-state index contributed by atoms with van der Waals surface area (Å²) in [6, 6.07) is 2.54. The van der Waals surface area contributed by atoms with E-state index in [0.29, 0.717) is 25.1 Å². The van der Waals surface area contributed by atoms with Gasteiger partial charge >= 0.3 is 6.09 Å². The van der Waals surface area contributed by atoms with Crippen LogP contribution in [-0.2, 0) is 4.74 Å². The zero-order valence-electron chi connectivity index (χ0n) is 13.3. The molecule has 22 heavy (non-hydrogen) atoms. The van der Waals surface area contributed by atoms with Crippen molar-refractivity contribution in [3.8, 4) is 5.75 Å². The molecular formula is C16H21F2NO3. The van der Waals surface area contributed by atoms with E-state index >= 15 is 0 Å². The van der Waals surface area contributed by atoms with Gasteiger partial charge in [-0.25, -0.2) is 13.6 Å². The Hall–Kier alpha value is -1.85. The molecule has 1 unspecified atom stereocenters. The monoisotopic (exact) mass is 313 g/mol. The summed E-state index contributed by atoms with van der Waals surface area (Å²) in [6.07, 6.45) is 0.245. The molecule has 1 aromatic rings. The molecule has 1 fully saturated rings. The number of hydrogen-bond donors (Lipinski definition) is 0. The van der Waals surface area contributed by atoms with Gasteiger partial charge < -0.3 is 14.4 Å². The van der Waals surface area contributed by atoms with Crippen LogP contribution in [-0.4, -0.2) is 36.8 Å². The van der Waals surface area contributed by atoms with Crippen molar-refractivity contribution in [2.75, 3.05) is 20.2 Å². The fraction of sp³-hybridized carbons (Fsp3) is 0.562. The summed E-state index contributed by atoms with van der Waals surface area (Å²) in [5.41, 5.74) is -0.0325. The van der Waals surface area contributed by atoms with E-state index in [-0.39, 0.29) is 11.7 Å². The largest absolute Gasteiger partial charge is 0.491 e.